The van der Waals surface area contributed by atoms with Gasteiger partial charge in [0.15, 0.2) is 0 Å². The highest BCUT2D eigenvalue weighted by atomic mass is 19.4. The average Bonchev–Trinajstić information content (AvgIpc) is 3.00. The van der Waals surface area contributed by atoms with Crippen LogP contribution in [0.4, 0.5) is 13.2 Å². The second-order valence-corrected chi connectivity index (χ2v) is 11.3. The lowest BCUT2D eigenvalue weighted by Crippen LogP contribution is -2.12. The second-order valence-electron chi connectivity index (χ2n) is 11.3. The normalized spacial score (nSPS) is 11.7. The number of halogens is 3. The standard InChI is InChI=1S/C35H46F3NO5/c1-3-5-14-17-26-18-20-28(30(24-26)35(36,37)38)29-25-27-19-21-31(39-33(27)44-34(29)41)42-22-15-12-10-8-6-7-9-11-13-16-23-43-32(40)4-2/h18-21,24-25H,3-17,22-23H2,1-2H3. The van der Waals surface area contributed by atoms with Crippen LogP contribution in [0.1, 0.15) is 115 Å². The van der Waals surface area contributed by atoms with E-state index in [2.05, 4.69) is 4.98 Å². The minimum Gasteiger partial charge on any atom is -0.478 e. The topological polar surface area (TPSA) is 78.6 Å². The van der Waals surface area contributed by atoms with Gasteiger partial charge in [-0.05, 0) is 49.4 Å². The SMILES string of the molecule is CCCCCc1ccc(-c2cc3ccc(OCCCCCCCCCCCCOC(=O)CC)nc3oc2=O)c(C(F)(F)F)c1. The second kappa shape index (κ2) is 18.4. The Hall–Kier alpha value is -3.36. The molecule has 9 heteroatoms. The van der Waals surface area contributed by atoms with E-state index < -0.39 is 17.4 Å². The molecule has 0 spiro atoms. The highest BCUT2D eigenvalue weighted by molar-refractivity contribution is 5.80. The summed E-state index contributed by atoms with van der Waals surface area (Å²) in [5.41, 5.74) is -1.42. The van der Waals surface area contributed by atoms with Crippen molar-refractivity contribution in [1.29, 1.82) is 0 Å². The monoisotopic (exact) mass is 617 g/mol. The van der Waals surface area contributed by atoms with Crippen LogP contribution in [0.3, 0.4) is 0 Å². The van der Waals surface area contributed by atoms with Crippen molar-refractivity contribution in [2.75, 3.05) is 13.2 Å². The minimum atomic E-state index is -4.61. The summed E-state index contributed by atoms with van der Waals surface area (Å²) in [6.45, 7) is 4.84. The summed E-state index contributed by atoms with van der Waals surface area (Å²) < 4.78 is 58.1. The Morgan fingerprint density at radius 1 is 0.795 bits per heavy atom. The number of unbranched alkanes of at least 4 members (excludes halogenated alkanes) is 11. The summed E-state index contributed by atoms with van der Waals surface area (Å²) in [6.07, 6.45) is 10.1. The van der Waals surface area contributed by atoms with Gasteiger partial charge in [0.1, 0.15) is 0 Å². The Morgan fingerprint density at radius 2 is 1.45 bits per heavy atom. The predicted molar refractivity (Wildman–Crippen MR) is 167 cm³/mol. The molecular weight excluding hydrogens is 571 g/mol. The molecule has 0 aliphatic carbocycles. The number of hydrogen-bond acceptors (Lipinski definition) is 6. The number of rotatable bonds is 20. The molecule has 0 N–H and O–H groups in total. The van der Waals surface area contributed by atoms with Crippen molar-refractivity contribution in [3.8, 4) is 17.0 Å². The summed E-state index contributed by atoms with van der Waals surface area (Å²) in [5, 5.41) is 0.423. The van der Waals surface area contributed by atoms with Crippen LogP contribution in [-0.2, 0) is 22.1 Å². The molecule has 0 aliphatic heterocycles. The van der Waals surface area contributed by atoms with Crippen LogP contribution < -0.4 is 10.4 Å². The van der Waals surface area contributed by atoms with Crippen LogP contribution in [-0.4, -0.2) is 24.2 Å². The van der Waals surface area contributed by atoms with E-state index in [9.17, 15) is 22.8 Å². The first-order valence-corrected chi connectivity index (χ1v) is 16.2. The number of hydrogen-bond donors (Lipinski definition) is 0. The van der Waals surface area contributed by atoms with Gasteiger partial charge in [0.05, 0.1) is 24.3 Å². The molecule has 0 atom stereocenters. The number of ether oxygens (including phenoxy) is 2. The Morgan fingerprint density at radius 3 is 2.09 bits per heavy atom. The number of carbonyl (C=O) groups is 1. The van der Waals surface area contributed by atoms with E-state index in [1.165, 1.54) is 44.2 Å². The first kappa shape index (κ1) is 35.1. The first-order valence-electron chi connectivity index (χ1n) is 16.2. The number of aryl methyl sites for hydroxylation is 1. The molecule has 0 bridgehead atoms. The van der Waals surface area contributed by atoms with Crippen molar-refractivity contribution in [2.24, 2.45) is 0 Å². The van der Waals surface area contributed by atoms with E-state index in [0.717, 1.165) is 57.4 Å². The quantitative estimate of drug-likeness (QED) is 0.0928. The van der Waals surface area contributed by atoms with Crippen LogP contribution in [0, 0.1) is 0 Å². The molecule has 0 saturated carbocycles. The lowest BCUT2D eigenvalue weighted by atomic mass is 9.96. The summed E-state index contributed by atoms with van der Waals surface area (Å²) >= 11 is 0. The molecule has 0 fully saturated rings. The fourth-order valence-corrected chi connectivity index (χ4v) is 5.13. The minimum absolute atomic E-state index is 0.0305. The maximum atomic E-state index is 14.0. The van der Waals surface area contributed by atoms with Crippen molar-refractivity contribution in [3.63, 3.8) is 0 Å². The maximum Gasteiger partial charge on any atom is 0.417 e. The van der Waals surface area contributed by atoms with Crippen molar-refractivity contribution in [1.82, 2.24) is 4.98 Å². The van der Waals surface area contributed by atoms with Crippen LogP contribution in [0.25, 0.3) is 22.2 Å². The molecule has 0 unspecified atom stereocenters. The molecule has 2 aromatic heterocycles. The zero-order valence-corrected chi connectivity index (χ0v) is 26.1. The maximum absolute atomic E-state index is 14.0. The molecule has 0 amide bonds. The largest absolute Gasteiger partial charge is 0.478 e. The summed E-state index contributed by atoms with van der Waals surface area (Å²) in [6, 6.07) is 8.85. The van der Waals surface area contributed by atoms with Crippen molar-refractivity contribution in [3.05, 3.63) is 57.9 Å². The lowest BCUT2D eigenvalue weighted by Gasteiger charge is -2.14. The molecule has 0 aliphatic rings. The van der Waals surface area contributed by atoms with Gasteiger partial charge >= 0.3 is 17.8 Å². The van der Waals surface area contributed by atoms with Gasteiger partial charge in [-0.15, -0.1) is 0 Å². The van der Waals surface area contributed by atoms with E-state index in [1.807, 2.05) is 6.92 Å². The molecule has 242 valence electrons. The lowest BCUT2D eigenvalue weighted by molar-refractivity contribution is -0.143. The van der Waals surface area contributed by atoms with E-state index in [0.29, 0.717) is 42.9 Å². The van der Waals surface area contributed by atoms with Gasteiger partial charge in [-0.1, -0.05) is 90.2 Å². The third-order valence-corrected chi connectivity index (χ3v) is 7.66. The van der Waals surface area contributed by atoms with Gasteiger partial charge in [0.25, 0.3) is 0 Å². The van der Waals surface area contributed by atoms with Crippen molar-refractivity contribution >= 4 is 17.1 Å². The highest BCUT2D eigenvalue weighted by Crippen LogP contribution is 2.37. The number of carbonyl (C=O) groups excluding carboxylic acids is 1. The van der Waals surface area contributed by atoms with E-state index in [-0.39, 0.29) is 22.8 Å². The number of fused-ring (bicyclic) bond motifs is 1. The van der Waals surface area contributed by atoms with Gasteiger partial charge in [-0.3, -0.25) is 4.79 Å². The number of benzene rings is 1. The highest BCUT2D eigenvalue weighted by Gasteiger charge is 2.34. The van der Waals surface area contributed by atoms with Gasteiger partial charge < -0.3 is 13.9 Å². The fraction of sp³-hybridized carbons (Fsp3) is 0.571. The number of nitrogens with zero attached hydrogens (tertiary/aromatic N) is 1. The van der Waals surface area contributed by atoms with Gasteiger partial charge in [-0.25, -0.2) is 4.79 Å². The molecule has 3 aromatic rings. The Bertz CT molecular complexity index is 1370. The third kappa shape index (κ3) is 11.6. The summed E-state index contributed by atoms with van der Waals surface area (Å²) in [5.74, 6) is 0.181. The smallest absolute Gasteiger partial charge is 0.417 e. The zero-order chi connectivity index (χ0) is 31.8. The Balaban J connectivity index is 1.44. The molecule has 3 rings (SSSR count). The van der Waals surface area contributed by atoms with Crippen LogP contribution >= 0.6 is 0 Å². The van der Waals surface area contributed by atoms with E-state index in [1.54, 1.807) is 25.1 Å². The third-order valence-electron chi connectivity index (χ3n) is 7.66. The van der Waals surface area contributed by atoms with Crippen molar-refractivity contribution < 1.29 is 31.9 Å². The van der Waals surface area contributed by atoms with Crippen LogP contribution in [0.5, 0.6) is 5.88 Å². The fourth-order valence-electron chi connectivity index (χ4n) is 5.13. The Labute approximate surface area is 258 Å². The number of esters is 1. The van der Waals surface area contributed by atoms with Crippen LogP contribution in [0.2, 0.25) is 0 Å². The summed E-state index contributed by atoms with van der Waals surface area (Å²) in [4.78, 5) is 28.2. The molecule has 44 heavy (non-hydrogen) atoms. The van der Waals surface area contributed by atoms with Crippen molar-refractivity contribution in [2.45, 2.75) is 116 Å². The number of alkyl halides is 3. The average molecular weight is 618 g/mol. The predicted octanol–water partition coefficient (Wildman–Crippen LogP) is 9.84. The molecule has 0 radical (unpaired) electrons. The molecule has 0 saturated heterocycles. The molecule has 2 heterocycles. The van der Waals surface area contributed by atoms with Gasteiger partial charge in [0, 0.05) is 23.4 Å². The van der Waals surface area contributed by atoms with Gasteiger partial charge in [0.2, 0.25) is 11.6 Å². The van der Waals surface area contributed by atoms with Gasteiger partial charge in [-0.2, -0.15) is 18.2 Å². The van der Waals surface area contributed by atoms with Crippen LogP contribution in [0.15, 0.2) is 45.6 Å². The molecule has 6 nitrogen and oxygen atoms in total. The van der Waals surface area contributed by atoms with E-state index in [4.69, 9.17) is 13.9 Å². The number of pyridine rings is 1. The van der Waals surface area contributed by atoms with E-state index >= 15 is 0 Å². The first-order chi connectivity index (χ1) is 21.2. The molecule has 1 aromatic carbocycles. The summed E-state index contributed by atoms with van der Waals surface area (Å²) in [7, 11) is 0. The zero-order valence-electron chi connectivity index (χ0n) is 26.1. The number of aromatic nitrogens is 1. The Kier molecular flexibility index (Phi) is 14.7. The molecular formula is C35H46F3NO5.